The van der Waals surface area contributed by atoms with E-state index in [1.54, 1.807) is 0 Å². The molecule has 0 saturated carbocycles. The molecule has 1 amide bonds. The van der Waals surface area contributed by atoms with Gasteiger partial charge >= 0.3 is 0 Å². The van der Waals surface area contributed by atoms with E-state index in [-0.39, 0.29) is 34.0 Å². The molecule has 3 aromatic rings. The number of carbonyl (C=O) groups is 1. The zero-order valence-electron chi connectivity index (χ0n) is 15.8. The van der Waals surface area contributed by atoms with Crippen LogP contribution >= 0.6 is 11.6 Å². The summed E-state index contributed by atoms with van der Waals surface area (Å²) in [4.78, 5) is 12.5. The molecule has 150 valence electrons. The molecule has 0 unspecified atom stereocenters. The third-order valence-corrected chi connectivity index (χ3v) is 6.32. The molecule has 3 aromatic carbocycles. The lowest BCUT2D eigenvalue weighted by atomic mass is 10.1. The van der Waals surface area contributed by atoms with Gasteiger partial charge in [0, 0.05) is 12.1 Å². The molecule has 2 N–H and O–H groups in total. The number of carbonyl (C=O) groups excluding carboxylic acids is 1. The van der Waals surface area contributed by atoms with Gasteiger partial charge in [0.1, 0.15) is 4.90 Å². The fourth-order valence-electron chi connectivity index (χ4n) is 2.81. The second-order valence-electron chi connectivity index (χ2n) is 6.56. The zero-order valence-corrected chi connectivity index (χ0v) is 17.4. The summed E-state index contributed by atoms with van der Waals surface area (Å²) in [7, 11) is -3.89. The van der Waals surface area contributed by atoms with Crippen molar-refractivity contribution < 1.29 is 13.2 Å². The van der Waals surface area contributed by atoms with Crippen molar-refractivity contribution in [2.75, 3.05) is 0 Å². The Bertz CT molecular complexity index is 1090. The summed E-state index contributed by atoms with van der Waals surface area (Å²) in [5.74, 6) is -0.377. The maximum Gasteiger partial charge on any atom is 0.251 e. The monoisotopic (exact) mass is 428 g/mol. The van der Waals surface area contributed by atoms with Gasteiger partial charge in [-0.15, -0.1) is 0 Å². The Kier molecular flexibility index (Phi) is 6.69. The first-order valence-corrected chi connectivity index (χ1v) is 10.9. The van der Waals surface area contributed by atoms with Crippen LogP contribution in [0.1, 0.15) is 34.5 Å². The number of halogens is 1. The molecule has 0 bridgehead atoms. The largest absolute Gasteiger partial charge is 0.346 e. The first-order chi connectivity index (χ1) is 13.9. The number of hydrogen-bond donors (Lipinski definition) is 2. The Labute approximate surface area is 175 Å². The standard InChI is InChI=1S/C22H21ClN2O3S/c1-16(18-10-6-3-7-11-18)25-22(26)19-12-13-20(23)21(14-19)29(27,28)24-15-17-8-4-2-5-9-17/h2-14,16,24H,15H2,1H3,(H,25,26)/t16-/m0/s1. The predicted molar refractivity (Wildman–Crippen MR) is 114 cm³/mol. The van der Waals surface area contributed by atoms with E-state index in [9.17, 15) is 13.2 Å². The maximum atomic E-state index is 12.7. The highest BCUT2D eigenvalue weighted by atomic mass is 35.5. The van der Waals surface area contributed by atoms with Crippen LogP contribution in [0.15, 0.2) is 83.8 Å². The van der Waals surface area contributed by atoms with Crippen LogP contribution in [0.5, 0.6) is 0 Å². The average Bonchev–Trinajstić information content (AvgIpc) is 2.74. The van der Waals surface area contributed by atoms with Gasteiger partial charge in [0.05, 0.1) is 11.1 Å². The first-order valence-electron chi connectivity index (χ1n) is 9.06. The molecule has 0 aliphatic heterocycles. The third-order valence-electron chi connectivity index (χ3n) is 4.44. The van der Waals surface area contributed by atoms with E-state index in [4.69, 9.17) is 11.6 Å². The molecule has 3 rings (SSSR count). The lowest BCUT2D eigenvalue weighted by Gasteiger charge is -2.15. The molecule has 7 heteroatoms. The zero-order chi connectivity index (χ0) is 20.9. The van der Waals surface area contributed by atoms with Crippen molar-refractivity contribution in [1.82, 2.24) is 10.0 Å². The summed E-state index contributed by atoms with van der Waals surface area (Å²) < 4.78 is 28.0. The van der Waals surface area contributed by atoms with Crippen LogP contribution in [0.25, 0.3) is 0 Å². The van der Waals surface area contributed by atoms with Crippen LogP contribution in [-0.4, -0.2) is 14.3 Å². The molecule has 0 fully saturated rings. The highest BCUT2D eigenvalue weighted by molar-refractivity contribution is 7.89. The summed E-state index contributed by atoms with van der Waals surface area (Å²) in [6.45, 7) is 1.99. The van der Waals surface area contributed by atoms with Gasteiger partial charge < -0.3 is 5.32 Å². The highest BCUT2D eigenvalue weighted by Gasteiger charge is 2.21. The Morgan fingerprint density at radius 3 is 2.24 bits per heavy atom. The van der Waals surface area contributed by atoms with Crippen LogP contribution in [0, 0.1) is 0 Å². The van der Waals surface area contributed by atoms with E-state index in [1.165, 1.54) is 18.2 Å². The molecule has 0 aliphatic carbocycles. The fourth-order valence-corrected chi connectivity index (χ4v) is 4.35. The quantitative estimate of drug-likeness (QED) is 0.588. The molecule has 0 aliphatic rings. The Hall–Kier alpha value is -2.67. The van der Waals surface area contributed by atoms with E-state index >= 15 is 0 Å². The molecule has 1 atom stereocenters. The molecule has 0 spiro atoms. The number of hydrogen-bond acceptors (Lipinski definition) is 3. The van der Waals surface area contributed by atoms with E-state index in [0.717, 1.165) is 11.1 Å². The summed E-state index contributed by atoms with van der Waals surface area (Å²) in [6.07, 6.45) is 0. The van der Waals surface area contributed by atoms with Gasteiger partial charge in [-0.1, -0.05) is 72.3 Å². The average molecular weight is 429 g/mol. The minimum Gasteiger partial charge on any atom is -0.346 e. The van der Waals surface area contributed by atoms with Crippen molar-refractivity contribution in [3.05, 3.63) is 101 Å². The van der Waals surface area contributed by atoms with Crippen molar-refractivity contribution in [3.63, 3.8) is 0 Å². The van der Waals surface area contributed by atoms with Crippen LogP contribution in [0.3, 0.4) is 0 Å². The van der Waals surface area contributed by atoms with Crippen LogP contribution in [0.4, 0.5) is 0 Å². The van der Waals surface area contributed by atoms with E-state index in [1.807, 2.05) is 67.6 Å². The lowest BCUT2D eigenvalue weighted by molar-refractivity contribution is 0.0939. The van der Waals surface area contributed by atoms with Crippen LogP contribution in [-0.2, 0) is 16.6 Å². The van der Waals surface area contributed by atoms with Gasteiger partial charge in [0.2, 0.25) is 10.0 Å². The summed E-state index contributed by atoms with van der Waals surface area (Å²) >= 11 is 6.12. The van der Waals surface area contributed by atoms with E-state index in [0.29, 0.717) is 0 Å². The van der Waals surface area contributed by atoms with Crippen molar-refractivity contribution in [2.24, 2.45) is 0 Å². The Morgan fingerprint density at radius 1 is 0.966 bits per heavy atom. The summed E-state index contributed by atoms with van der Waals surface area (Å²) in [5.41, 5.74) is 1.99. The predicted octanol–water partition coefficient (Wildman–Crippen LogP) is 4.31. The Morgan fingerprint density at radius 2 is 1.59 bits per heavy atom. The molecule has 0 saturated heterocycles. The molecule has 5 nitrogen and oxygen atoms in total. The molecule has 0 radical (unpaired) electrons. The van der Waals surface area contributed by atoms with Gasteiger partial charge in [0.25, 0.3) is 5.91 Å². The number of amides is 1. The van der Waals surface area contributed by atoms with Crippen LogP contribution < -0.4 is 10.0 Å². The minimum absolute atomic E-state index is 0.0539. The second kappa shape index (κ2) is 9.22. The van der Waals surface area contributed by atoms with Crippen molar-refractivity contribution in [2.45, 2.75) is 24.4 Å². The van der Waals surface area contributed by atoms with Crippen molar-refractivity contribution >= 4 is 27.5 Å². The number of rotatable bonds is 7. The van der Waals surface area contributed by atoms with E-state index in [2.05, 4.69) is 10.0 Å². The molecule has 0 heterocycles. The number of benzene rings is 3. The first kappa shape index (κ1) is 21.0. The van der Waals surface area contributed by atoms with Gasteiger partial charge in [-0.05, 0) is 36.2 Å². The maximum absolute atomic E-state index is 12.7. The smallest absolute Gasteiger partial charge is 0.251 e. The van der Waals surface area contributed by atoms with Crippen LogP contribution in [0.2, 0.25) is 5.02 Å². The van der Waals surface area contributed by atoms with E-state index < -0.39 is 10.0 Å². The van der Waals surface area contributed by atoms with Gasteiger partial charge in [-0.3, -0.25) is 4.79 Å². The molecular weight excluding hydrogens is 408 g/mol. The minimum atomic E-state index is -3.89. The SMILES string of the molecule is C[C@H](NC(=O)c1ccc(Cl)c(S(=O)(=O)NCc2ccccc2)c1)c1ccccc1. The van der Waals surface area contributed by atoms with Crippen molar-refractivity contribution in [3.8, 4) is 0 Å². The summed E-state index contributed by atoms with van der Waals surface area (Å²) in [6, 6.07) is 22.6. The summed E-state index contributed by atoms with van der Waals surface area (Å²) in [5, 5.41) is 2.93. The molecule has 0 aromatic heterocycles. The molecule has 29 heavy (non-hydrogen) atoms. The second-order valence-corrected chi connectivity index (χ2v) is 8.70. The normalized spacial score (nSPS) is 12.3. The van der Waals surface area contributed by atoms with Gasteiger partial charge in [-0.25, -0.2) is 13.1 Å². The molecular formula is C22H21ClN2O3S. The number of nitrogens with one attached hydrogen (secondary N) is 2. The van der Waals surface area contributed by atoms with Gasteiger partial charge in [-0.2, -0.15) is 0 Å². The van der Waals surface area contributed by atoms with Gasteiger partial charge in [0.15, 0.2) is 0 Å². The third kappa shape index (κ3) is 5.44. The highest BCUT2D eigenvalue weighted by Crippen LogP contribution is 2.23. The number of sulfonamides is 1. The fraction of sp³-hybridized carbons (Fsp3) is 0.136. The Balaban J connectivity index is 1.77. The lowest BCUT2D eigenvalue weighted by Crippen LogP contribution is -2.27. The van der Waals surface area contributed by atoms with Crippen molar-refractivity contribution in [1.29, 1.82) is 0 Å². The topological polar surface area (TPSA) is 75.3 Å².